The number of carbonyl (C=O) groups is 1. The minimum atomic E-state index is -0.268. The number of ether oxygens (including phenoxy) is 1. The highest BCUT2D eigenvalue weighted by Gasteiger charge is 2.16. The van der Waals surface area contributed by atoms with Crippen LogP contribution in [0.3, 0.4) is 0 Å². The number of rotatable bonds is 5. The Morgan fingerprint density at radius 3 is 2.76 bits per heavy atom. The van der Waals surface area contributed by atoms with E-state index in [2.05, 4.69) is 15.3 Å². The third kappa shape index (κ3) is 4.15. The number of carbonyl (C=O) groups excluding carboxylic acids is 1. The van der Waals surface area contributed by atoms with Crippen LogP contribution in [-0.2, 0) is 0 Å². The monoisotopic (exact) mass is 373 g/mol. The van der Waals surface area contributed by atoms with Gasteiger partial charge in [0, 0.05) is 6.20 Å². The Morgan fingerprint density at radius 1 is 1.20 bits per heavy atom. The number of anilines is 1. The van der Waals surface area contributed by atoms with Crippen molar-refractivity contribution in [2.75, 3.05) is 5.32 Å². The Kier molecular flexibility index (Phi) is 5.31. The Morgan fingerprint density at radius 2 is 2.04 bits per heavy atom. The third-order valence-corrected chi connectivity index (χ3v) is 4.50. The van der Waals surface area contributed by atoms with Crippen LogP contribution >= 0.6 is 22.9 Å². The van der Waals surface area contributed by atoms with Gasteiger partial charge in [0.1, 0.15) is 9.88 Å². The van der Waals surface area contributed by atoms with Crippen molar-refractivity contribution in [2.24, 2.45) is 0 Å². The van der Waals surface area contributed by atoms with Gasteiger partial charge in [-0.25, -0.2) is 4.98 Å². The molecular formula is C18H16ClN3O2S. The lowest BCUT2D eigenvalue weighted by Gasteiger charge is -2.15. The average molecular weight is 374 g/mol. The predicted octanol–water partition coefficient (Wildman–Crippen LogP) is 4.90. The smallest absolute Gasteiger partial charge is 0.267 e. The van der Waals surface area contributed by atoms with Crippen LogP contribution in [0, 0.1) is 0 Å². The number of aromatic nitrogens is 2. The first-order valence-corrected chi connectivity index (χ1v) is 8.88. The van der Waals surface area contributed by atoms with Crippen molar-refractivity contribution in [1.29, 1.82) is 0 Å². The van der Waals surface area contributed by atoms with Crippen LogP contribution in [0.25, 0.3) is 10.7 Å². The predicted molar refractivity (Wildman–Crippen MR) is 101 cm³/mol. The molecule has 0 radical (unpaired) electrons. The molecule has 0 saturated heterocycles. The average Bonchev–Trinajstić information content (AvgIpc) is 3.09. The lowest BCUT2D eigenvalue weighted by atomic mass is 10.2. The zero-order valence-corrected chi connectivity index (χ0v) is 15.3. The zero-order valence-electron chi connectivity index (χ0n) is 13.7. The summed E-state index contributed by atoms with van der Waals surface area (Å²) in [6.07, 6.45) is 3.17. The molecule has 0 spiro atoms. The molecule has 0 fully saturated rings. The SMILES string of the molecule is CC(C)Oc1c(Cl)cccc1NC(=O)c1cnc(-c2ccccn2)s1. The van der Waals surface area contributed by atoms with Gasteiger partial charge >= 0.3 is 0 Å². The van der Waals surface area contributed by atoms with Gasteiger partial charge in [-0.3, -0.25) is 9.78 Å². The van der Waals surface area contributed by atoms with Crippen molar-refractivity contribution in [3.63, 3.8) is 0 Å². The Balaban J connectivity index is 1.82. The van der Waals surface area contributed by atoms with E-state index in [1.165, 1.54) is 17.5 Å². The highest BCUT2D eigenvalue weighted by Crippen LogP contribution is 2.34. The lowest BCUT2D eigenvalue weighted by Crippen LogP contribution is -2.13. The van der Waals surface area contributed by atoms with Crippen molar-refractivity contribution in [2.45, 2.75) is 20.0 Å². The molecule has 128 valence electrons. The van der Waals surface area contributed by atoms with Gasteiger partial charge in [-0.1, -0.05) is 23.7 Å². The van der Waals surface area contributed by atoms with Crippen molar-refractivity contribution < 1.29 is 9.53 Å². The molecule has 1 amide bonds. The van der Waals surface area contributed by atoms with Crippen molar-refractivity contribution in [1.82, 2.24) is 9.97 Å². The molecule has 0 atom stereocenters. The molecule has 0 unspecified atom stereocenters. The van der Waals surface area contributed by atoms with Crippen LogP contribution in [0.5, 0.6) is 5.75 Å². The molecule has 1 aromatic carbocycles. The summed E-state index contributed by atoms with van der Waals surface area (Å²) in [6, 6.07) is 10.8. The fraction of sp³-hybridized carbons (Fsp3) is 0.167. The number of para-hydroxylation sites is 1. The minimum Gasteiger partial charge on any atom is -0.487 e. The van der Waals surface area contributed by atoms with Gasteiger partial charge in [-0.2, -0.15) is 0 Å². The lowest BCUT2D eigenvalue weighted by molar-refractivity contribution is 0.102. The molecule has 2 aromatic heterocycles. The van der Waals surface area contributed by atoms with Crippen LogP contribution in [0.2, 0.25) is 5.02 Å². The fourth-order valence-electron chi connectivity index (χ4n) is 2.13. The van der Waals surface area contributed by atoms with Crippen LogP contribution in [-0.4, -0.2) is 22.0 Å². The highest BCUT2D eigenvalue weighted by atomic mass is 35.5. The van der Waals surface area contributed by atoms with E-state index < -0.39 is 0 Å². The topological polar surface area (TPSA) is 64.1 Å². The summed E-state index contributed by atoms with van der Waals surface area (Å²) < 4.78 is 5.72. The van der Waals surface area contributed by atoms with E-state index in [4.69, 9.17) is 16.3 Å². The fourth-order valence-corrected chi connectivity index (χ4v) is 3.14. The van der Waals surface area contributed by atoms with Crippen LogP contribution < -0.4 is 10.1 Å². The van der Waals surface area contributed by atoms with Crippen molar-refractivity contribution in [3.8, 4) is 16.5 Å². The zero-order chi connectivity index (χ0) is 17.8. The molecular weight excluding hydrogens is 358 g/mol. The number of pyridine rings is 1. The molecule has 3 aromatic rings. The Bertz CT molecular complexity index is 881. The van der Waals surface area contributed by atoms with Gasteiger partial charge in [0.15, 0.2) is 5.75 Å². The molecule has 5 nitrogen and oxygen atoms in total. The molecule has 7 heteroatoms. The Labute approximate surface area is 154 Å². The summed E-state index contributed by atoms with van der Waals surface area (Å²) in [5.41, 5.74) is 1.26. The quantitative estimate of drug-likeness (QED) is 0.691. The number of hydrogen-bond acceptors (Lipinski definition) is 5. The molecule has 0 saturated carbocycles. The van der Waals surface area contributed by atoms with E-state index >= 15 is 0 Å². The molecule has 0 aliphatic heterocycles. The normalized spacial score (nSPS) is 10.7. The van der Waals surface area contributed by atoms with E-state index in [9.17, 15) is 4.79 Å². The minimum absolute atomic E-state index is 0.0604. The van der Waals surface area contributed by atoms with E-state index in [0.717, 1.165) is 5.69 Å². The maximum absolute atomic E-state index is 12.5. The maximum atomic E-state index is 12.5. The van der Waals surface area contributed by atoms with Crippen molar-refractivity contribution >= 4 is 34.5 Å². The maximum Gasteiger partial charge on any atom is 0.267 e. The van der Waals surface area contributed by atoms with Gasteiger partial charge in [-0.15, -0.1) is 11.3 Å². The van der Waals surface area contributed by atoms with Crippen LogP contribution in [0.1, 0.15) is 23.5 Å². The molecule has 1 N–H and O–H groups in total. The summed E-state index contributed by atoms with van der Waals surface area (Å²) in [5.74, 6) is 0.192. The van der Waals surface area contributed by atoms with Gasteiger partial charge in [0.2, 0.25) is 0 Å². The molecule has 3 rings (SSSR count). The van der Waals surface area contributed by atoms with E-state index in [1.54, 1.807) is 24.4 Å². The van der Waals surface area contributed by atoms with E-state index in [1.807, 2.05) is 32.0 Å². The molecule has 0 aliphatic carbocycles. The molecule has 2 heterocycles. The number of nitrogens with one attached hydrogen (secondary N) is 1. The summed E-state index contributed by atoms with van der Waals surface area (Å²) in [5, 5.41) is 3.98. The first-order chi connectivity index (χ1) is 12.0. The highest BCUT2D eigenvalue weighted by molar-refractivity contribution is 7.17. The van der Waals surface area contributed by atoms with Gasteiger partial charge in [-0.05, 0) is 38.1 Å². The number of amides is 1. The second-order valence-electron chi connectivity index (χ2n) is 5.48. The van der Waals surface area contributed by atoms with Gasteiger partial charge in [0.25, 0.3) is 5.91 Å². The van der Waals surface area contributed by atoms with Crippen LogP contribution in [0.15, 0.2) is 48.8 Å². The summed E-state index contributed by atoms with van der Waals surface area (Å²) in [6.45, 7) is 3.80. The third-order valence-electron chi connectivity index (χ3n) is 3.18. The number of thiazole rings is 1. The number of hydrogen-bond donors (Lipinski definition) is 1. The summed E-state index contributed by atoms with van der Waals surface area (Å²) >= 11 is 7.47. The number of nitrogens with zero attached hydrogens (tertiary/aromatic N) is 2. The first-order valence-electron chi connectivity index (χ1n) is 7.68. The number of halogens is 1. The van der Waals surface area contributed by atoms with Gasteiger partial charge < -0.3 is 10.1 Å². The largest absolute Gasteiger partial charge is 0.487 e. The van der Waals surface area contributed by atoms with E-state index in [-0.39, 0.29) is 12.0 Å². The second-order valence-corrected chi connectivity index (χ2v) is 6.92. The van der Waals surface area contributed by atoms with Crippen molar-refractivity contribution in [3.05, 3.63) is 58.7 Å². The molecule has 25 heavy (non-hydrogen) atoms. The van der Waals surface area contributed by atoms with Gasteiger partial charge in [0.05, 0.1) is 28.7 Å². The second kappa shape index (κ2) is 7.63. The Hall–Kier alpha value is -2.44. The molecule has 0 bridgehead atoms. The summed E-state index contributed by atoms with van der Waals surface area (Å²) in [4.78, 5) is 21.5. The van der Waals surface area contributed by atoms with E-state index in [0.29, 0.717) is 26.3 Å². The first kappa shape index (κ1) is 17.4. The summed E-state index contributed by atoms with van der Waals surface area (Å²) in [7, 11) is 0. The number of benzene rings is 1. The standard InChI is InChI=1S/C18H16ClN3O2S/c1-11(2)24-16-12(19)6-5-8-13(16)22-17(23)15-10-21-18(25-15)14-7-3-4-9-20-14/h3-11H,1-2H3,(H,22,23). The van der Waals surface area contributed by atoms with Crippen LogP contribution in [0.4, 0.5) is 5.69 Å². The molecule has 0 aliphatic rings.